The van der Waals surface area contributed by atoms with Crippen molar-refractivity contribution in [3.05, 3.63) is 28.2 Å². The predicted molar refractivity (Wildman–Crippen MR) is 110 cm³/mol. The topological polar surface area (TPSA) is 95.5 Å². The lowest BCUT2D eigenvalue weighted by molar-refractivity contribution is -0.146. The van der Waals surface area contributed by atoms with Gasteiger partial charge in [-0.25, -0.2) is 0 Å². The summed E-state index contributed by atoms with van der Waals surface area (Å²) in [5.74, 6) is -2.58. The maximum Gasteiger partial charge on any atom is 0.307 e. The SMILES string of the molecule is O=C(NC1CCCC1)c1c(NC(=O)[C@H]2[C@@H](C(=O)O)[C@H]3C=C[C@H]2C3)sc2c1CCC2. The molecule has 0 aliphatic heterocycles. The molecule has 4 atom stereocenters. The van der Waals surface area contributed by atoms with Gasteiger partial charge in [-0.2, -0.15) is 0 Å². The minimum atomic E-state index is -0.908. The number of carboxylic acid groups (broad SMARTS) is 1. The number of hydrogen-bond acceptors (Lipinski definition) is 4. The number of rotatable bonds is 5. The van der Waals surface area contributed by atoms with Crippen LogP contribution in [0.2, 0.25) is 0 Å². The van der Waals surface area contributed by atoms with Crippen molar-refractivity contribution < 1.29 is 19.5 Å². The minimum Gasteiger partial charge on any atom is -0.481 e. The molecule has 0 aromatic carbocycles. The highest BCUT2D eigenvalue weighted by atomic mass is 32.1. The summed E-state index contributed by atoms with van der Waals surface area (Å²) < 4.78 is 0. The Morgan fingerprint density at radius 1 is 1.00 bits per heavy atom. The van der Waals surface area contributed by atoms with Crippen LogP contribution in [0.4, 0.5) is 5.00 Å². The molecule has 1 heterocycles. The maximum atomic E-state index is 13.1. The molecular formula is C22H26N2O4S. The fourth-order valence-corrected chi connectivity index (χ4v) is 7.06. The van der Waals surface area contributed by atoms with E-state index in [1.807, 2.05) is 12.2 Å². The summed E-state index contributed by atoms with van der Waals surface area (Å²) in [5.41, 5.74) is 1.69. The molecule has 5 rings (SSSR count). The highest BCUT2D eigenvalue weighted by Gasteiger charge is 2.51. The normalized spacial score (nSPS) is 29.9. The Hall–Kier alpha value is -2.15. The Labute approximate surface area is 173 Å². The molecule has 1 aromatic heterocycles. The van der Waals surface area contributed by atoms with Crippen LogP contribution in [0.25, 0.3) is 0 Å². The second kappa shape index (κ2) is 7.27. The van der Waals surface area contributed by atoms with Gasteiger partial charge in [0.25, 0.3) is 5.91 Å². The molecule has 0 radical (unpaired) electrons. The van der Waals surface area contributed by atoms with E-state index >= 15 is 0 Å². The number of anilines is 1. The molecule has 4 aliphatic rings. The molecule has 154 valence electrons. The second-order valence-electron chi connectivity index (χ2n) is 8.84. The van der Waals surface area contributed by atoms with Crippen molar-refractivity contribution in [2.24, 2.45) is 23.7 Å². The second-order valence-corrected chi connectivity index (χ2v) is 9.95. The lowest BCUT2D eigenvalue weighted by atomic mass is 9.82. The van der Waals surface area contributed by atoms with Crippen molar-refractivity contribution in [1.82, 2.24) is 5.32 Å². The zero-order valence-corrected chi connectivity index (χ0v) is 17.1. The van der Waals surface area contributed by atoms with Crippen molar-refractivity contribution in [1.29, 1.82) is 0 Å². The summed E-state index contributed by atoms with van der Waals surface area (Å²) in [5, 5.41) is 16.4. The van der Waals surface area contributed by atoms with E-state index in [9.17, 15) is 19.5 Å². The van der Waals surface area contributed by atoms with Gasteiger partial charge in [0.1, 0.15) is 5.00 Å². The number of fused-ring (bicyclic) bond motifs is 3. The van der Waals surface area contributed by atoms with E-state index in [1.165, 1.54) is 16.2 Å². The van der Waals surface area contributed by atoms with Crippen LogP contribution in [0, 0.1) is 23.7 Å². The predicted octanol–water partition coefficient (Wildman–Crippen LogP) is 3.37. The van der Waals surface area contributed by atoms with E-state index in [-0.39, 0.29) is 29.7 Å². The molecule has 7 heteroatoms. The Morgan fingerprint density at radius 3 is 2.45 bits per heavy atom. The van der Waals surface area contributed by atoms with Crippen LogP contribution >= 0.6 is 11.3 Å². The Bertz CT molecular complexity index is 899. The molecule has 2 bridgehead atoms. The van der Waals surface area contributed by atoms with Gasteiger partial charge in [0.05, 0.1) is 17.4 Å². The smallest absolute Gasteiger partial charge is 0.307 e. The molecule has 1 aromatic rings. The largest absolute Gasteiger partial charge is 0.481 e. The van der Waals surface area contributed by atoms with E-state index in [0.29, 0.717) is 10.6 Å². The van der Waals surface area contributed by atoms with Gasteiger partial charge in [0.2, 0.25) is 5.91 Å². The molecule has 29 heavy (non-hydrogen) atoms. The molecule has 2 saturated carbocycles. The fraction of sp³-hybridized carbons (Fsp3) is 0.591. The van der Waals surface area contributed by atoms with Gasteiger partial charge >= 0.3 is 5.97 Å². The van der Waals surface area contributed by atoms with Crippen LogP contribution in [0.5, 0.6) is 0 Å². The molecule has 2 amide bonds. The van der Waals surface area contributed by atoms with Crippen LogP contribution in [-0.2, 0) is 22.4 Å². The van der Waals surface area contributed by atoms with Crippen LogP contribution in [-0.4, -0.2) is 28.9 Å². The van der Waals surface area contributed by atoms with Crippen molar-refractivity contribution in [2.75, 3.05) is 5.32 Å². The van der Waals surface area contributed by atoms with E-state index in [1.54, 1.807) is 0 Å². The Kier molecular flexibility index (Phi) is 4.73. The third-order valence-electron chi connectivity index (χ3n) is 7.12. The lowest BCUT2D eigenvalue weighted by Crippen LogP contribution is -2.37. The zero-order chi connectivity index (χ0) is 20.1. The highest BCUT2D eigenvalue weighted by molar-refractivity contribution is 7.17. The van der Waals surface area contributed by atoms with Crippen LogP contribution in [0.15, 0.2) is 12.2 Å². The summed E-state index contributed by atoms with van der Waals surface area (Å²) >= 11 is 1.49. The molecule has 2 fully saturated rings. The van der Waals surface area contributed by atoms with Gasteiger partial charge in [-0.3, -0.25) is 14.4 Å². The fourth-order valence-electron chi connectivity index (χ4n) is 5.77. The van der Waals surface area contributed by atoms with Crippen LogP contribution < -0.4 is 10.6 Å². The number of aryl methyl sites for hydroxylation is 1. The number of nitrogens with one attached hydrogen (secondary N) is 2. The minimum absolute atomic E-state index is 0.0244. The van der Waals surface area contributed by atoms with E-state index < -0.39 is 17.8 Å². The molecule has 4 aliphatic carbocycles. The Balaban J connectivity index is 1.40. The van der Waals surface area contributed by atoms with Crippen molar-refractivity contribution in [3.63, 3.8) is 0 Å². The van der Waals surface area contributed by atoms with Crippen LogP contribution in [0.3, 0.4) is 0 Å². The third kappa shape index (κ3) is 3.19. The number of thiophene rings is 1. The highest BCUT2D eigenvalue weighted by Crippen LogP contribution is 2.49. The van der Waals surface area contributed by atoms with Crippen LogP contribution in [0.1, 0.15) is 59.3 Å². The van der Waals surface area contributed by atoms with Gasteiger partial charge in [-0.15, -0.1) is 11.3 Å². The Morgan fingerprint density at radius 2 is 1.72 bits per heavy atom. The average molecular weight is 415 g/mol. The molecule has 3 N–H and O–H groups in total. The summed E-state index contributed by atoms with van der Waals surface area (Å²) in [4.78, 5) is 39.2. The number of aliphatic carboxylic acids is 1. The number of carbonyl (C=O) groups excluding carboxylic acids is 2. The summed E-state index contributed by atoms with van der Waals surface area (Å²) in [7, 11) is 0. The van der Waals surface area contributed by atoms with E-state index in [2.05, 4.69) is 10.6 Å². The van der Waals surface area contributed by atoms with Gasteiger partial charge in [-0.1, -0.05) is 25.0 Å². The lowest BCUT2D eigenvalue weighted by Gasteiger charge is -2.24. The molecule has 6 nitrogen and oxygen atoms in total. The average Bonchev–Trinajstić information content (AvgIpc) is 3.46. The first-order chi connectivity index (χ1) is 14.0. The van der Waals surface area contributed by atoms with Gasteiger partial charge < -0.3 is 15.7 Å². The van der Waals surface area contributed by atoms with Gasteiger partial charge in [0, 0.05) is 10.9 Å². The molecule has 0 unspecified atom stereocenters. The maximum absolute atomic E-state index is 13.1. The number of allylic oxidation sites excluding steroid dienone is 2. The summed E-state index contributed by atoms with van der Waals surface area (Å²) in [6.45, 7) is 0. The first kappa shape index (κ1) is 18.9. The van der Waals surface area contributed by atoms with E-state index in [0.717, 1.165) is 56.9 Å². The quantitative estimate of drug-likeness (QED) is 0.644. The summed E-state index contributed by atoms with van der Waals surface area (Å²) in [6, 6.07) is 0.218. The number of carboxylic acids is 1. The number of hydrogen-bond donors (Lipinski definition) is 3. The first-order valence-electron chi connectivity index (χ1n) is 10.7. The molecule has 0 spiro atoms. The standard InChI is InChI=1S/C22H26N2O4S/c25-19(16-11-8-9-12(10-11)17(16)22(27)28)24-21-18(14-6-3-7-15(14)29-21)20(26)23-13-4-1-2-5-13/h8-9,11-13,16-17H,1-7,10H2,(H,23,26)(H,24,25)(H,27,28)/t11-,12-,16+,17-/m0/s1. The van der Waals surface area contributed by atoms with Gasteiger partial charge in [-0.05, 0) is 55.9 Å². The van der Waals surface area contributed by atoms with E-state index in [4.69, 9.17) is 0 Å². The van der Waals surface area contributed by atoms with Gasteiger partial charge in [0.15, 0.2) is 0 Å². The first-order valence-corrected chi connectivity index (χ1v) is 11.5. The number of carbonyl (C=O) groups is 3. The van der Waals surface area contributed by atoms with Crippen molar-refractivity contribution >= 4 is 34.1 Å². The van der Waals surface area contributed by atoms with Crippen molar-refractivity contribution in [3.8, 4) is 0 Å². The van der Waals surface area contributed by atoms with Crippen molar-refractivity contribution in [2.45, 2.75) is 57.4 Å². The third-order valence-corrected chi connectivity index (χ3v) is 8.33. The summed E-state index contributed by atoms with van der Waals surface area (Å²) in [6.07, 6.45) is 11.8. The monoisotopic (exact) mass is 414 g/mol. The number of amides is 2. The molecule has 0 saturated heterocycles. The molecular weight excluding hydrogens is 388 g/mol. The zero-order valence-electron chi connectivity index (χ0n) is 16.3.